The molecule has 2 aromatic heterocycles. The normalized spacial score (nSPS) is 17.5. The summed E-state index contributed by atoms with van der Waals surface area (Å²) in [7, 11) is 0. The first-order chi connectivity index (χ1) is 16.5. The van der Waals surface area contributed by atoms with E-state index in [9.17, 15) is 14.0 Å². The molecule has 0 spiro atoms. The molecule has 172 valence electrons. The number of fused-ring (bicyclic) bond motifs is 1. The molecule has 0 saturated carbocycles. The van der Waals surface area contributed by atoms with Gasteiger partial charge in [0.05, 0.1) is 18.5 Å². The molecule has 3 heterocycles. The largest absolute Gasteiger partial charge is 0.463 e. The molecule has 0 radical (unpaired) electrons. The summed E-state index contributed by atoms with van der Waals surface area (Å²) in [5.41, 5.74) is 1.72. The van der Waals surface area contributed by atoms with Crippen LogP contribution in [0.15, 0.2) is 89.5 Å². The summed E-state index contributed by atoms with van der Waals surface area (Å²) < 4.78 is 20.9. The van der Waals surface area contributed by atoms with Crippen LogP contribution in [0, 0.1) is 5.82 Å². The molecule has 1 aliphatic rings. The molecule has 4 aromatic rings. The van der Waals surface area contributed by atoms with Gasteiger partial charge in [-0.25, -0.2) is 4.39 Å². The van der Waals surface area contributed by atoms with Crippen LogP contribution in [0.2, 0.25) is 0 Å². The molecule has 0 fully saturated rings. The summed E-state index contributed by atoms with van der Waals surface area (Å²) in [6.07, 6.45) is 1.58. The fraction of sp³-hybridized carbons (Fsp3) is 0.185. The second-order valence-corrected chi connectivity index (χ2v) is 8.63. The van der Waals surface area contributed by atoms with Gasteiger partial charge in [-0.2, -0.15) is 0 Å². The van der Waals surface area contributed by atoms with Crippen molar-refractivity contribution in [1.29, 1.82) is 0 Å². The van der Waals surface area contributed by atoms with Crippen molar-refractivity contribution >= 4 is 11.8 Å². The standard InChI is InChI=1S/C27H24FN3O3/c1-27(26(33)29-16-19-6-3-2-4-7-19)18-30-22(24-8-5-15-34-24)13-14-23(30)25(32)31(27)17-20-9-11-21(28)12-10-20/h2-15H,16-18H2,1H3,(H,29,33)/t27-/m1/s1. The Morgan fingerprint density at radius 3 is 2.41 bits per heavy atom. The van der Waals surface area contributed by atoms with Crippen molar-refractivity contribution in [3.63, 3.8) is 0 Å². The van der Waals surface area contributed by atoms with E-state index in [2.05, 4.69) is 5.32 Å². The second kappa shape index (κ2) is 8.67. The van der Waals surface area contributed by atoms with Gasteiger partial charge >= 0.3 is 0 Å². The third kappa shape index (κ3) is 3.90. The summed E-state index contributed by atoms with van der Waals surface area (Å²) in [5.74, 6) is -0.269. The molecule has 1 atom stereocenters. The number of benzene rings is 2. The molecule has 34 heavy (non-hydrogen) atoms. The van der Waals surface area contributed by atoms with Gasteiger partial charge in [-0.15, -0.1) is 0 Å². The van der Waals surface area contributed by atoms with Crippen LogP contribution in [0.3, 0.4) is 0 Å². The summed E-state index contributed by atoms with van der Waals surface area (Å²) in [6.45, 7) is 2.54. The maximum atomic E-state index is 13.7. The minimum absolute atomic E-state index is 0.176. The van der Waals surface area contributed by atoms with E-state index >= 15 is 0 Å². The van der Waals surface area contributed by atoms with Crippen molar-refractivity contribution in [3.05, 3.63) is 108 Å². The number of hydrogen-bond donors (Lipinski definition) is 1. The second-order valence-electron chi connectivity index (χ2n) is 8.63. The predicted octanol–water partition coefficient (Wildman–Crippen LogP) is 4.62. The van der Waals surface area contributed by atoms with Crippen LogP contribution in [0.1, 0.15) is 28.5 Å². The smallest absolute Gasteiger partial charge is 0.271 e. The first-order valence-corrected chi connectivity index (χ1v) is 11.1. The maximum Gasteiger partial charge on any atom is 0.271 e. The highest BCUT2D eigenvalue weighted by Gasteiger charge is 2.47. The highest BCUT2D eigenvalue weighted by Crippen LogP contribution is 2.34. The van der Waals surface area contributed by atoms with Gasteiger partial charge in [0.25, 0.3) is 5.91 Å². The Balaban J connectivity index is 1.51. The molecule has 5 rings (SSSR count). The van der Waals surface area contributed by atoms with Crippen LogP contribution in [0.4, 0.5) is 4.39 Å². The molecule has 0 unspecified atom stereocenters. The quantitative estimate of drug-likeness (QED) is 0.460. The molecule has 0 saturated heterocycles. The number of aromatic nitrogens is 1. The minimum Gasteiger partial charge on any atom is -0.463 e. The Hall–Kier alpha value is -4.13. The number of nitrogens with one attached hydrogen (secondary N) is 1. The fourth-order valence-electron chi connectivity index (χ4n) is 4.40. The molecule has 0 aliphatic carbocycles. The molecule has 2 amide bonds. The van der Waals surface area contributed by atoms with E-state index in [1.165, 1.54) is 12.1 Å². The van der Waals surface area contributed by atoms with Gasteiger partial charge in [-0.05, 0) is 54.4 Å². The van der Waals surface area contributed by atoms with Crippen molar-refractivity contribution in [3.8, 4) is 11.5 Å². The van der Waals surface area contributed by atoms with Crippen molar-refractivity contribution in [2.75, 3.05) is 0 Å². The maximum absolute atomic E-state index is 13.7. The number of hydrogen-bond acceptors (Lipinski definition) is 3. The average molecular weight is 458 g/mol. The van der Waals surface area contributed by atoms with E-state index < -0.39 is 5.54 Å². The summed E-state index contributed by atoms with van der Waals surface area (Å²) in [5, 5.41) is 3.00. The Labute approximate surface area is 196 Å². The fourth-order valence-corrected chi connectivity index (χ4v) is 4.40. The Morgan fingerprint density at radius 2 is 1.71 bits per heavy atom. The lowest BCUT2D eigenvalue weighted by atomic mass is 9.93. The highest BCUT2D eigenvalue weighted by atomic mass is 19.1. The minimum atomic E-state index is -1.19. The third-order valence-corrected chi connectivity index (χ3v) is 6.32. The van der Waals surface area contributed by atoms with Crippen molar-refractivity contribution in [2.24, 2.45) is 0 Å². The van der Waals surface area contributed by atoms with Crippen molar-refractivity contribution < 1.29 is 18.4 Å². The van der Waals surface area contributed by atoms with Gasteiger partial charge < -0.3 is 19.2 Å². The molecule has 1 aliphatic heterocycles. The SMILES string of the molecule is C[C@]1(C(=O)NCc2ccccc2)Cn2c(ccc2-c2ccco2)C(=O)N1Cc1ccc(F)cc1. The zero-order valence-electron chi connectivity index (χ0n) is 18.7. The summed E-state index contributed by atoms with van der Waals surface area (Å²) in [6, 6.07) is 22.8. The van der Waals surface area contributed by atoms with E-state index in [1.807, 2.05) is 47.0 Å². The van der Waals surface area contributed by atoms with Gasteiger partial charge in [-0.1, -0.05) is 42.5 Å². The topological polar surface area (TPSA) is 67.5 Å². The van der Waals surface area contributed by atoms with Gasteiger partial charge in [0.2, 0.25) is 5.91 Å². The third-order valence-electron chi connectivity index (χ3n) is 6.32. The lowest BCUT2D eigenvalue weighted by Crippen LogP contribution is -2.63. The monoisotopic (exact) mass is 457 g/mol. The number of amides is 2. The Kier molecular flexibility index (Phi) is 5.53. The Morgan fingerprint density at radius 1 is 0.971 bits per heavy atom. The number of rotatable bonds is 6. The number of nitrogens with zero attached hydrogens (tertiary/aromatic N) is 2. The van der Waals surface area contributed by atoms with E-state index in [1.54, 1.807) is 42.4 Å². The number of furan rings is 1. The Bertz CT molecular complexity index is 1310. The summed E-state index contributed by atoms with van der Waals surface area (Å²) >= 11 is 0. The van der Waals surface area contributed by atoms with Gasteiger partial charge in [0.15, 0.2) is 0 Å². The van der Waals surface area contributed by atoms with Gasteiger partial charge in [0.1, 0.15) is 22.8 Å². The molecule has 0 bridgehead atoms. The van der Waals surface area contributed by atoms with Crippen LogP contribution in [-0.2, 0) is 24.4 Å². The van der Waals surface area contributed by atoms with E-state index in [0.717, 1.165) is 16.8 Å². The van der Waals surface area contributed by atoms with Gasteiger partial charge in [-0.3, -0.25) is 9.59 Å². The van der Waals surface area contributed by atoms with E-state index in [4.69, 9.17) is 4.42 Å². The van der Waals surface area contributed by atoms with Crippen LogP contribution in [0.25, 0.3) is 11.5 Å². The zero-order chi connectivity index (χ0) is 23.7. The van der Waals surface area contributed by atoms with Crippen molar-refractivity contribution in [2.45, 2.75) is 32.1 Å². The molecular formula is C27H24FN3O3. The van der Waals surface area contributed by atoms with E-state index in [-0.39, 0.29) is 30.7 Å². The molecule has 1 N–H and O–H groups in total. The highest BCUT2D eigenvalue weighted by molar-refractivity contribution is 6.00. The molecule has 7 heteroatoms. The number of halogens is 1. The lowest BCUT2D eigenvalue weighted by Gasteiger charge is -2.44. The average Bonchev–Trinajstić information content (AvgIpc) is 3.52. The van der Waals surface area contributed by atoms with Crippen LogP contribution in [-0.4, -0.2) is 26.8 Å². The lowest BCUT2D eigenvalue weighted by molar-refractivity contribution is -0.133. The van der Waals surface area contributed by atoms with Crippen molar-refractivity contribution in [1.82, 2.24) is 14.8 Å². The molecule has 2 aromatic carbocycles. The first kappa shape index (κ1) is 21.7. The zero-order valence-corrected chi connectivity index (χ0v) is 18.7. The van der Waals surface area contributed by atoms with Crippen LogP contribution >= 0.6 is 0 Å². The molecule has 6 nitrogen and oxygen atoms in total. The number of carbonyl (C=O) groups is 2. The predicted molar refractivity (Wildman–Crippen MR) is 125 cm³/mol. The molecular weight excluding hydrogens is 433 g/mol. The van der Waals surface area contributed by atoms with Gasteiger partial charge in [0, 0.05) is 13.1 Å². The summed E-state index contributed by atoms with van der Waals surface area (Å²) in [4.78, 5) is 28.9. The van der Waals surface area contributed by atoms with Crippen LogP contribution < -0.4 is 5.32 Å². The number of carbonyl (C=O) groups excluding carboxylic acids is 2. The van der Waals surface area contributed by atoms with E-state index in [0.29, 0.717) is 18.0 Å². The first-order valence-electron chi connectivity index (χ1n) is 11.1. The van der Waals surface area contributed by atoms with Crippen LogP contribution in [0.5, 0.6) is 0 Å².